The molecule has 0 aromatic rings. The molecule has 0 spiro atoms. The van der Waals surface area contributed by atoms with E-state index in [1.54, 1.807) is 0 Å². The van der Waals surface area contributed by atoms with Crippen molar-refractivity contribution in [2.45, 2.75) is 32.3 Å². The first-order valence-electron chi connectivity index (χ1n) is 5.22. The van der Waals surface area contributed by atoms with Crippen LogP contribution in [0, 0.1) is 0 Å². The average molecular weight is 188 g/mol. The smallest absolute Gasteiger partial charge is 0.104 e. The van der Waals surface area contributed by atoms with E-state index in [1.807, 2.05) is 18.2 Å². The third kappa shape index (κ3) is 6.53. The van der Waals surface area contributed by atoms with Crippen molar-refractivity contribution < 1.29 is 0 Å². The maximum Gasteiger partial charge on any atom is 0.151 e. The molecule has 0 aromatic carbocycles. The van der Waals surface area contributed by atoms with Crippen molar-refractivity contribution in [3.63, 3.8) is 0 Å². The van der Waals surface area contributed by atoms with Crippen molar-refractivity contribution in [1.82, 2.24) is 0 Å². The van der Waals surface area contributed by atoms with Crippen LogP contribution in [0.2, 0.25) is 19.0 Å². The summed E-state index contributed by atoms with van der Waals surface area (Å²) in [6, 6.07) is 0. The fourth-order valence-corrected chi connectivity index (χ4v) is 1.56. The average Bonchev–Trinajstić information content (AvgIpc) is 2.15. The van der Waals surface area contributed by atoms with E-state index in [4.69, 9.17) is 0 Å². The SMILES string of the molecule is C=CC/C=C(/C)CB(CC=C)CC=C. The summed E-state index contributed by atoms with van der Waals surface area (Å²) in [6.45, 7) is 14.1. The van der Waals surface area contributed by atoms with Crippen molar-refractivity contribution in [3.05, 3.63) is 49.6 Å². The molecule has 0 N–H and O–H groups in total. The molecule has 0 radical (unpaired) electrons. The number of hydrogen-bond donors (Lipinski definition) is 0. The highest BCUT2D eigenvalue weighted by Gasteiger charge is 2.09. The van der Waals surface area contributed by atoms with Gasteiger partial charge in [-0.15, -0.1) is 19.7 Å². The Morgan fingerprint density at radius 3 is 2.07 bits per heavy atom. The summed E-state index contributed by atoms with van der Waals surface area (Å²) in [5.41, 5.74) is 1.44. The Bertz CT molecular complexity index is 203. The first-order valence-corrected chi connectivity index (χ1v) is 5.22. The molecule has 0 aliphatic heterocycles. The van der Waals surface area contributed by atoms with Gasteiger partial charge in [0.05, 0.1) is 0 Å². The first kappa shape index (κ1) is 13.0. The minimum atomic E-state index is 0.672. The van der Waals surface area contributed by atoms with Crippen molar-refractivity contribution in [3.8, 4) is 0 Å². The Morgan fingerprint density at radius 1 is 1.07 bits per heavy atom. The molecule has 0 saturated carbocycles. The second-order valence-electron chi connectivity index (χ2n) is 3.69. The highest BCUT2D eigenvalue weighted by atomic mass is 13.9. The van der Waals surface area contributed by atoms with E-state index in [0.29, 0.717) is 6.71 Å². The molecule has 1 heteroatoms. The second-order valence-corrected chi connectivity index (χ2v) is 3.69. The molecule has 0 aliphatic rings. The fraction of sp³-hybridized carbons (Fsp3) is 0.385. The molecular weight excluding hydrogens is 167 g/mol. The van der Waals surface area contributed by atoms with Crippen LogP contribution in [0.3, 0.4) is 0 Å². The number of hydrogen-bond acceptors (Lipinski definition) is 0. The standard InChI is InChI=1S/C13H21B/c1-5-8-9-13(4)12-14(10-6-2)11-7-3/h5-7,9H,1-3,8,10-12H2,4H3/b13-9-. The van der Waals surface area contributed by atoms with Gasteiger partial charge in [-0.1, -0.05) is 48.8 Å². The van der Waals surface area contributed by atoms with E-state index < -0.39 is 0 Å². The Hall–Kier alpha value is -0.975. The van der Waals surface area contributed by atoms with Gasteiger partial charge in [0, 0.05) is 0 Å². The van der Waals surface area contributed by atoms with Gasteiger partial charge in [0.1, 0.15) is 0 Å². The lowest BCUT2D eigenvalue weighted by molar-refractivity contribution is 1.24. The van der Waals surface area contributed by atoms with Crippen LogP contribution in [0.15, 0.2) is 49.6 Å². The Morgan fingerprint density at radius 2 is 1.64 bits per heavy atom. The van der Waals surface area contributed by atoms with Gasteiger partial charge in [-0.2, -0.15) is 0 Å². The van der Waals surface area contributed by atoms with Gasteiger partial charge in [-0.25, -0.2) is 0 Å². The summed E-state index contributed by atoms with van der Waals surface area (Å²) < 4.78 is 0. The van der Waals surface area contributed by atoms with Crippen LogP contribution in [-0.2, 0) is 0 Å². The second kappa shape index (κ2) is 8.62. The fourth-order valence-electron chi connectivity index (χ4n) is 1.56. The monoisotopic (exact) mass is 188 g/mol. The molecule has 0 nitrogen and oxygen atoms in total. The van der Waals surface area contributed by atoms with Crippen LogP contribution >= 0.6 is 0 Å². The molecule has 14 heavy (non-hydrogen) atoms. The van der Waals surface area contributed by atoms with Crippen molar-refractivity contribution >= 4 is 6.71 Å². The molecule has 0 rings (SSSR count). The molecular formula is C13H21B. The Balaban J connectivity index is 4.05. The predicted molar refractivity (Wildman–Crippen MR) is 69.1 cm³/mol. The quantitative estimate of drug-likeness (QED) is 0.391. The predicted octanol–water partition coefficient (Wildman–Crippen LogP) is 4.38. The highest BCUT2D eigenvalue weighted by Crippen LogP contribution is 2.14. The van der Waals surface area contributed by atoms with Gasteiger partial charge in [-0.05, 0) is 13.3 Å². The highest BCUT2D eigenvalue weighted by molar-refractivity contribution is 6.60. The van der Waals surface area contributed by atoms with Crippen molar-refractivity contribution in [2.75, 3.05) is 0 Å². The number of allylic oxidation sites excluding steroid dienone is 5. The maximum absolute atomic E-state index is 3.78. The molecule has 0 bridgehead atoms. The van der Waals surface area contributed by atoms with Gasteiger partial charge in [0.25, 0.3) is 0 Å². The van der Waals surface area contributed by atoms with E-state index in [1.165, 1.54) is 5.57 Å². The summed E-state index contributed by atoms with van der Waals surface area (Å²) in [4.78, 5) is 0. The topological polar surface area (TPSA) is 0 Å². The van der Waals surface area contributed by atoms with Gasteiger partial charge >= 0.3 is 0 Å². The lowest BCUT2D eigenvalue weighted by Crippen LogP contribution is -2.09. The van der Waals surface area contributed by atoms with E-state index in [0.717, 1.165) is 25.4 Å². The van der Waals surface area contributed by atoms with Crippen LogP contribution in [0.4, 0.5) is 0 Å². The van der Waals surface area contributed by atoms with Gasteiger partial charge in [0.15, 0.2) is 6.71 Å². The largest absolute Gasteiger partial charge is 0.151 e. The molecule has 0 fully saturated rings. The zero-order valence-electron chi connectivity index (χ0n) is 9.34. The lowest BCUT2D eigenvalue weighted by atomic mass is 9.42. The summed E-state index contributed by atoms with van der Waals surface area (Å²) in [7, 11) is 0. The van der Waals surface area contributed by atoms with E-state index in [-0.39, 0.29) is 0 Å². The normalized spacial score (nSPS) is 10.8. The molecule has 76 valence electrons. The molecule has 0 heterocycles. The van der Waals surface area contributed by atoms with Crippen molar-refractivity contribution in [1.29, 1.82) is 0 Å². The van der Waals surface area contributed by atoms with Gasteiger partial charge in [-0.3, -0.25) is 0 Å². The molecule has 0 aromatic heterocycles. The Kier molecular flexibility index (Phi) is 8.02. The van der Waals surface area contributed by atoms with Crippen LogP contribution in [0.1, 0.15) is 13.3 Å². The summed E-state index contributed by atoms with van der Waals surface area (Å²) in [5.74, 6) is 0. The summed E-state index contributed by atoms with van der Waals surface area (Å²) in [6.07, 6.45) is 12.4. The third-order valence-electron chi connectivity index (χ3n) is 2.24. The molecule has 0 unspecified atom stereocenters. The van der Waals surface area contributed by atoms with Gasteiger partial charge < -0.3 is 0 Å². The first-order chi connectivity index (χ1) is 6.74. The summed E-state index contributed by atoms with van der Waals surface area (Å²) >= 11 is 0. The van der Waals surface area contributed by atoms with Crippen LogP contribution in [0.5, 0.6) is 0 Å². The van der Waals surface area contributed by atoms with Crippen LogP contribution < -0.4 is 0 Å². The lowest BCUT2D eigenvalue weighted by Gasteiger charge is -2.09. The maximum atomic E-state index is 3.78. The molecule has 0 saturated heterocycles. The van der Waals surface area contributed by atoms with E-state index >= 15 is 0 Å². The molecule has 0 amide bonds. The molecule has 0 atom stereocenters. The minimum absolute atomic E-state index is 0.672. The zero-order chi connectivity index (χ0) is 10.8. The number of rotatable bonds is 8. The Labute approximate surface area is 89.2 Å². The molecule has 0 aliphatic carbocycles. The zero-order valence-corrected chi connectivity index (χ0v) is 9.34. The van der Waals surface area contributed by atoms with Crippen LogP contribution in [0.25, 0.3) is 0 Å². The van der Waals surface area contributed by atoms with Crippen LogP contribution in [-0.4, -0.2) is 6.71 Å². The van der Waals surface area contributed by atoms with E-state index in [9.17, 15) is 0 Å². The third-order valence-corrected chi connectivity index (χ3v) is 2.24. The summed E-state index contributed by atoms with van der Waals surface area (Å²) in [5, 5.41) is 0. The van der Waals surface area contributed by atoms with Gasteiger partial charge in [0.2, 0.25) is 0 Å². The van der Waals surface area contributed by atoms with E-state index in [2.05, 4.69) is 32.7 Å². The van der Waals surface area contributed by atoms with Crippen molar-refractivity contribution in [2.24, 2.45) is 0 Å². The minimum Gasteiger partial charge on any atom is -0.104 e.